The fourth-order valence-corrected chi connectivity index (χ4v) is 4.34. The van der Waals surface area contributed by atoms with E-state index in [-0.39, 0.29) is 23.5 Å². The van der Waals surface area contributed by atoms with Crippen molar-refractivity contribution in [2.75, 3.05) is 12.0 Å². The summed E-state index contributed by atoms with van der Waals surface area (Å²) in [6, 6.07) is -0.518. The molecule has 2 N–H and O–H groups in total. The molecule has 3 unspecified atom stereocenters. The van der Waals surface area contributed by atoms with Gasteiger partial charge in [0.2, 0.25) is 5.91 Å². The second-order valence-electron chi connectivity index (χ2n) is 5.84. The predicted molar refractivity (Wildman–Crippen MR) is 72.7 cm³/mol. The Morgan fingerprint density at radius 3 is 2.35 bits per heavy atom. The first kappa shape index (κ1) is 15.0. The van der Waals surface area contributed by atoms with Gasteiger partial charge in [-0.1, -0.05) is 12.2 Å². The van der Waals surface area contributed by atoms with Crippen molar-refractivity contribution in [1.29, 1.82) is 0 Å². The average molecular weight is 301 g/mol. The van der Waals surface area contributed by atoms with E-state index in [1.54, 1.807) is 6.92 Å². The Hall–Kier alpha value is -1.37. The summed E-state index contributed by atoms with van der Waals surface area (Å²) in [7, 11) is -3.18. The largest absolute Gasteiger partial charge is 0.481 e. The quantitative estimate of drug-likeness (QED) is 0.699. The van der Waals surface area contributed by atoms with Gasteiger partial charge in [-0.15, -0.1) is 0 Å². The molecule has 6 nitrogen and oxygen atoms in total. The van der Waals surface area contributed by atoms with Crippen LogP contribution < -0.4 is 5.32 Å². The number of rotatable bonds is 5. The molecule has 0 aromatic heterocycles. The Labute approximate surface area is 118 Å². The van der Waals surface area contributed by atoms with Crippen molar-refractivity contribution in [2.24, 2.45) is 23.7 Å². The highest BCUT2D eigenvalue weighted by atomic mass is 32.2. The number of hydrogen-bond donors (Lipinski definition) is 2. The van der Waals surface area contributed by atoms with E-state index in [0.717, 1.165) is 6.26 Å². The van der Waals surface area contributed by atoms with E-state index < -0.39 is 33.7 Å². The molecular weight excluding hydrogens is 282 g/mol. The maximum atomic E-state index is 12.2. The Balaban J connectivity index is 2.05. The number of carbonyl (C=O) groups excluding carboxylic acids is 1. The van der Waals surface area contributed by atoms with Gasteiger partial charge in [0.15, 0.2) is 0 Å². The second kappa shape index (κ2) is 5.20. The molecular formula is C13H19NO5S. The van der Waals surface area contributed by atoms with Crippen molar-refractivity contribution >= 4 is 21.7 Å². The smallest absolute Gasteiger partial charge is 0.307 e. The third-order valence-corrected chi connectivity index (χ3v) is 5.09. The molecule has 0 radical (unpaired) electrons. The molecule has 0 saturated heterocycles. The first-order valence-electron chi connectivity index (χ1n) is 6.58. The van der Waals surface area contributed by atoms with E-state index in [1.807, 2.05) is 12.2 Å². The van der Waals surface area contributed by atoms with Gasteiger partial charge < -0.3 is 10.4 Å². The Bertz CT molecular complexity index is 553. The van der Waals surface area contributed by atoms with Crippen molar-refractivity contribution < 1.29 is 23.1 Å². The third kappa shape index (κ3) is 3.03. The molecule has 1 fully saturated rings. The molecule has 0 aromatic rings. The number of allylic oxidation sites excluding steroid dienone is 2. The number of carboxylic acid groups (broad SMARTS) is 1. The van der Waals surface area contributed by atoms with E-state index in [1.165, 1.54) is 0 Å². The van der Waals surface area contributed by atoms with E-state index in [9.17, 15) is 23.1 Å². The minimum absolute atomic E-state index is 0.0495. The Morgan fingerprint density at radius 2 is 1.85 bits per heavy atom. The van der Waals surface area contributed by atoms with Crippen molar-refractivity contribution in [3.63, 3.8) is 0 Å². The van der Waals surface area contributed by atoms with Crippen molar-refractivity contribution in [2.45, 2.75) is 19.4 Å². The van der Waals surface area contributed by atoms with Gasteiger partial charge >= 0.3 is 5.97 Å². The molecule has 0 spiro atoms. The molecule has 2 bridgehead atoms. The maximum Gasteiger partial charge on any atom is 0.307 e. The van der Waals surface area contributed by atoms with Crippen LogP contribution in [0.3, 0.4) is 0 Å². The fourth-order valence-electron chi connectivity index (χ4n) is 3.35. The SMILES string of the molecule is CC(CS(C)(=O)=O)NC(=O)[C@H]1C2C=CC(C2)[C@H]1C(=O)O. The lowest BCUT2D eigenvalue weighted by atomic mass is 9.82. The van der Waals surface area contributed by atoms with Crippen molar-refractivity contribution in [1.82, 2.24) is 5.32 Å². The second-order valence-corrected chi connectivity index (χ2v) is 8.03. The van der Waals surface area contributed by atoms with Gasteiger partial charge in [0.1, 0.15) is 9.84 Å². The predicted octanol–water partition coefficient (Wildman–Crippen LogP) is 0.0586. The van der Waals surface area contributed by atoms with Crippen LogP contribution in [0.25, 0.3) is 0 Å². The normalized spacial score (nSPS) is 33.1. The van der Waals surface area contributed by atoms with Crippen LogP contribution in [0, 0.1) is 23.7 Å². The lowest BCUT2D eigenvalue weighted by Gasteiger charge is -2.25. The number of carboxylic acids is 1. The molecule has 20 heavy (non-hydrogen) atoms. The highest BCUT2D eigenvalue weighted by molar-refractivity contribution is 7.90. The summed E-state index contributed by atoms with van der Waals surface area (Å²) in [5.41, 5.74) is 0. The molecule has 0 heterocycles. The van der Waals surface area contributed by atoms with Crippen LogP contribution in [0.1, 0.15) is 13.3 Å². The zero-order valence-corrected chi connectivity index (χ0v) is 12.3. The molecule has 112 valence electrons. The molecule has 1 amide bonds. The third-order valence-electron chi connectivity index (χ3n) is 3.99. The summed E-state index contributed by atoms with van der Waals surface area (Å²) < 4.78 is 22.4. The molecule has 2 aliphatic rings. The number of fused-ring (bicyclic) bond motifs is 2. The van der Waals surface area contributed by atoms with E-state index >= 15 is 0 Å². The van der Waals surface area contributed by atoms with Gasteiger partial charge in [-0.2, -0.15) is 0 Å². The number of aliphatic carboxylic acids is 1. The van der Waals surface area contributed by atoms with Crippen molar-refractivity contribution in [3.8, 4) is 0 Å². The first-order valence-corrected chi connectivity index (χ1v) is 8.64. The summed E-state index contributed by atoms with van der Waals surface area (Å²) in [4.78, 5) is 23.6. The topological polar surface area (TPSA) is 101 Å². The fraction of sp³-hybridized carbons (Fsp3) is 0.692. The van der Waals surface area contributed by atoms with E-state index in [0.29, 0.717) is 6.42 Å². The monoisotopic (exact) mass is 301 g/mol. The van der Waals surface area contributed by atoms with E-state index in [4.69, 9.17) is 0 Å². The van der Waals surface area contributed by atoms with E-state index in [2.05, 4.69) is 5.32 Å². The average Bonchev–Trinajstić information content (AvgIpc) is 2.84. The number of amides is 1. The summed E-state index contributed by atoms with van der Waals surface area (Å²) >= 11 is 0. The van der Waals surface area contributed by atoms with Gasteiger partial charge in [0.25, 0.3) is 0 Å². The van der Waals surface area contributed by atoms with Gasteiger partial charge in [0.05, 0.1) is 17.6 Å². The maximum absolute atomic E-state index is 12.2. The van der Waals surface area contributed by atoms with Crippen LogP contribution in [-0.2, 0) is 19.4 Å². The van der Waals surface area contributed by atoms with Crippen LogP contribution >= 0.6 is 0 Å². The molecule has 1 saturated carbocycles. The van der Waals surface area contributed by atoms with Crippen molar-refractivity contribution in [3.05, 3.63) is 12.2 Å². The van der Waals surface area contributed by atoms with Crippen LogP contribution in [0.15, 0.2) is 12.2 Å². The minimum atomic E-state index is -3.18. The summed E-state index contributed by atoms with van der Waals surface area (Å²) in [5, 5.41) is 11.9. The van der Waals surface area contributed by atoms with Gasteiger partial charge in [-0.05, 0) is 25.2 Å². The Kier molecular flexibility index (Phi) is 3.90. The number of carbonyl (C=O) groups is 2. The molecule has 5 atom stereocenters. The molecule has 2 rings (SSSR count). The lowest BCUT2D eigenvalue weighted by Crippen LogP contribution is -2.45. The highest BCUT2D eigenvalue weighted by Crippen LogP contribution is 2.48. The minimum Gasteiger partial charge on any atom is -0.481 e. The Morgan fingerprint density at radius 1 is 1.30 bits per heavy atom. The van der Waals surface area contributed by atoms with Crippen LogP contribution in [0.2, 0.25) is 0 Å². The zero-order valence-electron chi connectivity index (χ0n) is 11.4. The summed E-state index contributed by atoms with van der Waals surface area (Å²) in [6.07, 6.45) is 5.56. The molecule has 0 aromatic carbocycles. The molecule has 7 heteroatoms. The molecule has 0 aliphatic heterocycles. The van der Waals surface area contributed by atoms with Crippen LogP contribution in [-0.4, -0.2) is 43.5 Å². The van der Waals surface area contributed by atoms with Gasteiger partial charge in [0, 0.05) is 12.3 Å². The lowest BCUT2D eigenvalue weighted by molar-refractivity contribution is -0.147. The number of hydrogen-bond acceptors (Lipinski definition) is 4. The van der Waals surface area contributed by atoms with Gasteiger partial charge in [-0.3, -0.25) is 9.59 Å². The summed E-state index contributed by atoms with van der Waals surface area (Å²) in [6.45, 7) is 1.61. The summed E-state index contributed by atoms with van der Waals surface area (Å²) in [5.74, 6) is -2.89. The van der Waals surface area contributed by atoms with Crippen LogP contribution in [0.4, 0.5) is 0 Å². The van der Waals surface area contributed by atoms with Gasteiger partial charge in [-0.25, -0.2) is 8.42 Å². The standard InChI is InChI=1S/C13H19NO5S/c1-7(6-20(2,18)19)14-12(15)10-8-3-4-9(5-8)11(10)13(16)17/h3-4,7-11H,5-6H2,1-2H3,(H,14,15)(H,16,17)/t7?,8?,9?,10-,11+/m0/s1. The van der Waals surface area contributed by atoms with Crippen LogP contribution in [0.5, 0.6) is 0 Å². The number of sulfone groups is 1. The number of nitrogens with one attached hydrogen (secondary N) is 1. The first-order chi connectivity index (χ1) is 9.19. The zero-order chi connectivity index (χ0) is 15.1. The highest BCUT2D eigenvalue weighted by Gasteiger charge is 2.51. The molecule has 2 aliphatic carbocycles.